The smallest absolute Gasteiger partial charge is 0.185 e. The zero-order valence-electron chi connectivity index (χ0n) is 12.8. The minimum Gasteiger partial charge on any atom is -0.486 e. The predicted molar refractivity (Wildman–Crippen MR) is 91.1 cm³/mol. The molecule has 5 nitrogen and oxygen atoms in total. The van der Waals surface area contributed by atoms with Crippen LogP contribution in [0.4, 0.5) is 21.6 Å². The van der Waals surface area contributed by atoms with E-state index in [4.69, 9.17) is 4.74 Å². The van der Waals surface area contributed by atoms with Crippen LogP contribution in [0.3, 0.4) is 0 Å². The summed E-state index contributed by atoms with van der Waals surface area (Å²) in [5.74, 6) is 0.938. The molecule has 0 radical (unpaired) electrons. The molecular formula is C18H15FN4O. The number of hydrogen-bond acceptors (Lipinski definition) is 5. The number of halogens is 1. The van der Waals surface area contributed by atoms with E-state index in [2.05, 4.69) is 20.6 Å². The van der Waals surface area contributed by atoms with Crippen LogP contribution in [0, 0.1) is 5.82 Å². The first kappa shape index (κ1) is 14.4. The number of fused-ring (bicyclic) bond motifs is 1. The third-order valence-electron chi connectivity index (χ3n) is 3.72. The molecule has 3 heterocycles. The van der Waals surface area contributed by atoms with E-state index in [0.717, 1.165) is 11.4 Å². The molecule has 0 atom stereocenters. The molecule has 0 amide bonds. The number of nitrogens with one attached hydrogen (secondary N) is 2. The van der Waals surface area contributed by atoms with Crippen molar-refractivity contribution in [3.63, 3.8) is 0 Å². The number of aromatic nitrogens is 2. The topological polar surface area (TPSA) is 59.1 Å². The maximum atomic E-state index is 14.1. The first-order valence-corrected chi connectivity index (χ1v) is 7.65. The van der Waals surface area contributed by atoms with E-state index in [9.17, 15) is 4.39 Å². The van der Waals surface area contributed by atoms with Crippen molar-refractivity contribution in [1.29, 1.82) is 0 Å². The lowest BCUT2D eigenvalue weighted by Gasteiger charge is -2.22. The summed E-state index contributed by atoms with van der Waals surface area (Å²) in [6, 6.07) is 12.1. The van der Waals surface area contributed by atoms with Gasteiger partial charge in [0.15, 0.2) is 11.6 Å². The second-order valence-electron chi connectivity index (χ2n) is 5.35. The van der Waals surface area contributed by atoms with Gasteiger partial charge in [-0.15, -0.1) is 0 Å². The Morgan fingerprint density at radius 1 is 1.12 bits per heavy atom. The predicted octanol–water partition coefficient (Wildman–Crippen LogP) is 3.83. The molecule has 2 aromatic heterocycles. The van der Waals surface area contributed by atoms with Crippen LogP contribution in [-0.2, 0) is 0 Å². The van der Waals surface area contributed by atoms with Crippen LogP contribution in [-0.4, -0.2) is 23.1 Å². The van der Waals surface area contributed by atoms with Crippen molar-refractivity contribution < 1.29 is 9.13 Å². The fraction of sp³-hybridized carbons (Fsp3) is 0.111. The summed E-state index contributed by atoms with van der Waals surface area (Å²) in [6.45, 7) is 1.22. The van der Waals surface area contributed by atoms with E-state index < -0.39 is 0 Å². The van der Waals surface area contributed by atoms with E-state index in [1.165, 1.54) is 6.07 Å². The molecule has 4 rings (SSSR count). The summed E-state index contributed by atoms with van der Waals surface area (Å²) >= 11 is 0. The van der Waals surface area contributed by atoms with Crippen molar-refractivity contribution in [3.8, 4) is 17.0 Å². The molecule has 0 saturated heterocycles. The molecule has 3 aromatic rings. The van der Waals surface area contributed by atoms with E-state index in [0.29, 0.717) is 36.0 Å². The van der Waals surface area contributed by atoms with E-state index in [1.807, 2.05) is 12.1 Å². The zero-order valence-corrected chi connectivity index (χ0v) is 12.8. The van der Waals surface area contributed by atoms with Crippen molar-refractivity contribution in [1.82, 2.24) is 9.97 Å². The highest BCUT2D eigenvalue weighted by Gasteiger charge is 2.19. The van der Waals surface area contributed by atoms with Crippen LogP contribution in [0.1, 0.15) is 0 Å². The molecule has 0 bridgehead atoms. The van der Waals surface area contributed by atoms with Gasteiger partial charge in [0.25, 0.3) is 0 Å². The largest absolute Gasteiger partial charge is 0.486 e. The van der Waals surface area contributed by atoms with Crippen molar-refractivity contribution in [2.75, 3.05) is 23.8 Å². The van der Waals surface area contributed by atoms with Gasteiger partial charge in [0.2, 0.25) is 0 Å². The molecular weight excluding hydrogens is 307 g/mol. The minimum absolute atomic E-state index is 0.309. The van der Waals surface area contributed by atoms with Gasteiger partial charge in [-0.25, -0.2) is 9.37 Å². The first-order valence-electron chi connectivity index (χ1n) is 7.65. The fourth-order valence-electron chi connectivity index (χ4n) is 2.61. The molecule has 6 heteroatoms. The number of hydrogen-bond donors (Lipinski definition) is 2. The minimum atomic E-state index is -0.309. The molecule has 0 unspecified atom stereocenters. The number of ether oxygens (including phenoxy) is 1. The van der Waals surface area contributed by atoms with Gasteiger partial charge >= 0.3 is 0 Å². The van der Waals surface area contributed by atoms with Gasteiger partial charge in [-0.05, 0) is 30.3 Å². The normalized spacial score (nSPS) is 12.7. The van der Waals surface area contributed by atoms with Crippen molar-refractivity contribution in [2.24, 2.45) is 0 Å². The maximum Gasteiger partial charge on any atom is 0.185 e. The van der Waals surface area contributed by atoms with E-state index >= 15 is 0 Å². The third-order valence-corrected chi connectivity index (χ3v) is 3.72. The first-order chi connectivity index (χ1) is 11.8. The SMILES string of the molecule is Fc1ccccc1-c1cc(Nc2ccncc2)c2c(n1)NCCO2. The quantitative estimate of drug-likeness (QED) is 0.767. The Labute approximate surface area is 138 Å². The molecule has 24 heavy (non-hydrogen) atoms. The van der Waals surface area contributed by atoms with Crippen LogP contribution >= 0.6 is 0 Å². The molecule has 0 fully saturated rings. The van der Waals surface area contributed by atoms with Crippen molar-refractivity contribution in [2.45, 2.75) is 0 Å². The average Bonchev–Trinajstić information content (AvgIpc) is 2.63. The highest BCUT2D eigenvalue weighted by molar-refractivity contribution is 5.79. The molecule has 1 aliphatic rings. The van der Waals surface area contributed by atoms with Crippen LogP contribution < -0.4 is 15.4 Å². The molecule has 0 spiro atoms. The van der Waals surface area contributed by atoms with Gasteiger partial charge in [0, 0.05) is 23.6 Å². The van der Waals surface area contributed by atoms with E-state index in [-0.39, 0.29) is 5.82 Å². The van der Waals surface area contributed by atoms with Gasteiger partial charge < -0.3 is 15.4 Å². The molecule has 0 aliphatic carbocycles. The summed E-state index contributed by atoms with van der Waals surface area (Å²) in [6.07, 6.45) is 3.40. The zero-order chi connectivity index (χ0) is 16.4. The van der Waals surface area contributed by atoms with Crippen molar-refractivity contribution in [3.05, 3.63) is 60.7 Å². The number of nitrogens with zero attached hydrogens (tertiary/aromatic N) is 2. The Morgan fingerprint density at radius 3 is 2.79 bits per heavy atom. The summed E-state index contributed by atoms with van der Waals surface area (Å²) < 4.78 is 19.9. The van der Waals surface area contributed by atoms with Gasteiger partial charge in [0.05, 0.1) is 17.9 Å². The van der Waals surface area contributed by atoms with Crippen LogP contribution in [0.25, 0.3) is 11.3 Å². The highest BCUT2D eigenvalue weighted by atomic mass is 19.1. The second kappa shape index (κ2) is 6.16. The number of pyridine rings is 2. The lowest BCUT2D eigenvalue weighted by atomic mass is 10.1. The lowest BCUT2D eigenvalue weighted by Crippen LogP contribution is -2.20. The Hall–Kier alpha value is -3.15. The number of rotatable bonds is 3. The summed E-state index contributed by atoms with van der Waals surface area (Å²) in [5, 5.41) is 6.50. The Morgan fingerprint density at radius 2 is 1.96 bits per heavy atom. The van der Waals surface area contributed by atoms with Crippen LogP contribution in [0.15, 0.2) is 54.9 Å². The Bertz CT molecular complexity index is 870. The molecule has 1 aliphatic heterocycles. The molecule has 2 N–H and O–H groups in total. The Kier molecular flexibility index (Phi) is 3.70. The van der Waals surface area contributed by atoms with Crippen LogP contribution in [0.2, 0.25) is 0 Å². The number of anilines is 3. The molecule has 1 aromatic carbocycles. The van der Waals surface area contributed by atoms with Gasteiger partial charge in [-0.3, -0.25) is 4.98 Å². The third kappa shape index (κ3) is 2.74. The monoisotopic (exact) mass is 322 g/mol. The van der Waals surface area contributed by atoms with Crippen LogP contribution in [0.5, 0.6) is 5.75 Å². The average molecular weight is 322 g/mol. The highest BCUT2D eigenvalue weighted by Crippen LogP contribution is 2.39. The Balaban J connectivity index is 1.82. The van der Waals surface area contributed by atoms with E-state index in [1.54, 1.807) is 36.7 Å². The fourth-order valence-corrected chi connectivity index (χ4v) is 2.61. The lowest BCUT2D eigenvalue weighted by molar-refractivity contribution is 0.323. The maximum absolute atomic E-state index is 14.1. The second-order valence-corrected chi connectivity index (χ2v) is 5.35. The molecule has 0 saturated carbocycles. The van der Waals surface area contributed by atoms with Gasteiger partial charge in [-0.2, -0.15) is 0 Å². The number of benzene rings is 1. The summed E-state index contributed by atoms with van der Waals surface area (Å²) in [4.78, 5) is 8.52. The van der Waals surface area contributed by atoms with Gasteiger partial charge in [-0.1, -0.05) is 12.1 Å². The van der Waals surface area contributed by atoms with Gasteiger partial charge in [0.1, 0.15) is 12.4 Å². The van der Waals surface area contributed by atoms with Crippen molar-refractivity contribution >= 4 is 17.2 Å². The summed E-state index contributed by atoms with van der Waals surface area (Å²) in [5.41, 5.74) is 2.59. The standard InChI is InChI=1S/C18H15FN4O/c19-14-4-2-1-3-13(14)15-11-16(22-12-5-7-20-8-6-12)17-18(23-15)21-9-10-24-17/h1-8,11H,9-10H2,(H2,20,21,22,23). The molecule has 120 valence electrons. The summed E-state index contributed by atoms with van der Waals surface area (Å²) in [7, 11) is 0.